The number of hydrogen-bond acceptors (Lipinski definition) is 3. The monoisotopic (exact) mass is 330 g/mol. The lowest BCUT2D eigenvalue weighted by Gasteiger charge is -2.28. The number of Topliss-reactive ketones (excluding diaryl/α,β-unsaturated/α-hetero) is 1. The first kappa shape index (κ1) is 16.0. The first-order valence-corrected chi connectivity index (χ1v) is 8.85. The van der Waals surface area contributed by atoms with Gasteiger partial charge in [-0.05, 0) is 53.1 Å². The van der Waals surface area contributed by atoms with E-state index in [1.807, 2.05) is 12.3 Å². The van der Waals surface area contributed by atoms with Crippen molar-refractivity contribution in [3.05, 3.63) is 44.9 Å². The molecule has 0 radical (unpaired) electrons. The second-order valence-electron chi connectivity index (χ2n) is 7.06. The average Bonchev–Trinajstić information content (AvgIpc) is 3.05. The van der Waals surface area contributed by atoms with Gasteiger partial charge in [0.15, 0.2) is 5.78 Å². The number of fused-ring (bicyclic) bond motifs is 1. The third kappa shape index (κ3) is 3.24. The van der Waals surface area contributed by atoms with Crippen molar-refractivity contribution in [2.45, 2.75) is 40.0 Å². The van der Waals surface area contributed by atoms with E-state index < -0.39 is 0 Å². The molecule has 0 saturated carbocycles. The van der Waals surface area contributed by atoms with Crippen LogP contribution in [-0.4, -0.2) is 23.2 Å². The molecule has 1 amide bonds. The van der Waals surface area contributed by atoms with Crippen LogP contribution in [-0.2, 0) is 12.8 Å². The number of rotatable bonds is 4. The molecule has 23 heavy (non-hydrogen) atoms. The van der Waals surface area contributed by atoms with E-state index in [-0.39, 0.29) is 17.1 Å². The van der Waals surface area contributed by atoms with Crippen LogP contribution in [0.4, 0.5) is 0 Å². The van der Waals surface area contributed by atoms with Gasteiger partial charge in [-0.2, -0.15) is 11.3 Å². The molecular formula is C18H22N2O2S. The highest BCUT2D eigenvalue weighted by atomic mass is 32.1. The molecule has 2 aromatic rings. The lowest BCUT2D eigenvalue weighted by Crippen LogP contribution is -2.26. The lowest BCUT2D eigenvalue weighted by molar-refractivity contribution is 0.0909. The van der Waals surface area contributed by atoms with Gasteiger partial charge in [0.05, 0.1) is 0 Å². The summed E-state index contributed by atoms with van der Waals surface area (Å²) >= 11 is 1.66. The number of hydrogen-bond donors (Lipinski definition) is 2. The Labute approximate surface area is 140 Å². The third-order valence-electron chi connectivity index (χ3n) is 4.41. The van der Waals surface area contributed by atoms with Gasteiger partial charge in [-0.3, -0.25) is 9.59 Å². The van der Waals surface area contributed by atoms with Crippen LogP contribution in [0.2, 0.25) is 0 Å². The smallest absolute Gasteiger partial charge is 0.268 e. The summed E-state index contributed by atoms with van der Waals surface area (Å²) in [6.07, 6.45) is 2.16. The summed E-state index contributed by atoms with van der Waals surface area (Å²) in [5, 5.41) is 7.07. The van der Waals surface area contributed by atoms with Gasteiger partial charge >= 0.3 is 0 Å². The fourth-order valence-electron chi connectivity index (χ4n) is 3.30. The molecule has 1 aliphatic rings. The van der Waals surface area contributed by atoms with Gasteiger partial charge in [-0.1, -0.05) is 13.8 Å². The largest absolute Gasteiger partial charge is 0.354 e. The van der Waals surface area contributed by atoms with Crippen LogP contribution in [0, 0.1) is 12.3 Å². The molecule has 5 heteroatoms. The van der Waals surface area contributed by atoms with Gasteiger partial charge in [0.2, 0.25) is 0 Å². The maximum Gasteiger partial charge on any atom is 0.268 e. The molecule has 3 rings (SSSR count). The Balaban J connectivity index is 1.73. The maximum absolute atomic E-state index is 12.4. The number of ketones is 1. The SMILES string of the molecule is Cc1c(C(=O)NCCc2ccsc2)[nH]c2c1C(=O)CC(C)(C)C2. The number of carbonyl (C=O) groups is 2. The van der Waals surface area contributed by atoms with E-state index in [2.05, 4.69) is 35.6 Å². The highest BCUT2D eigenvalue weighted by Crippen LogP contribution is 2.36. The summed E-state index contributed by atoms with van der Waals surface area (Å²) in [5.74, 6) is 0.0139. The molecule has 4 nitrogen and oxygen atoms in total. The Morgan fingerprint density at radius 2 is 2.17 bits per heavy atom. The van der Waals surface area contributed by atoms with Crippen LogP contribution in [0.25, 0.3) is 0 Å². The highest BCUT2D eigenvalue weighted by Gasteiger charge is 2.35. The normalized spacial score (nSPS) is 16.2. The second kappa shape index (κ2) is 5.96. The minimum Gasteiger partial charge on any atom is -0.354 e. The molecule has 0 spiro atoms. The fraction of sp³-hybridized carbons (Fsp3) is 0.444. The minimum atomic E-state index is -0.127. The summed E-state index contributed by atoms with van der Waals surface area (Å²) in [5.41, 5.74) is 4.14. The van der Waals surface area contributed by atoms with Crippen molar-refractivity contribution >= 4 is 23.0 Å². The van der Waals surface area contributed by atoms with Gasteiger partial charge < -0.3 is 10.3 Å². The van der Waals surface area contributed by atoms with Crippen LogP contribution < -0.4 is 5.32 Å². The summed E-state index contributed by atoms with van der Waals surface area (Å²) in [6.45, 7) is 6.63. The van der Waals surface area contributed by atoms with Gasteiger partial charge in [0.1, 0.15) is 5.69 Å². The molecule has 0 fully saturated rings. The standard InChI is InChI=1S/C18H22N2O2S/c1-11-15-13(8-18(2,3)9-14(15)21)20-16(11)17(22)19-6-4-12-5-7-23-10-12/h5,7,10,20H,4,6,8-9H2,1-3H3,(H,19,22). The highest BCUT2D eigenvalue weighted by molar-refractivity contribution is 7.07. The maximum atomic E-state index is 12.4. The fourth-order valence-corrected chi connectivity index (χ4v) is 4.01. The molecule has 2 aromatic heterocycles. The molecule has 1 aliphatic carbocycles. The predicted octanol–water partition coefficient (Wildman–Crippen LogP) is 3.51. The van der Waals surface area contributed by atoms with E-state index in [0.717, 1.165) is 29.7 Å². The molecule has 0 aromatic carbocycles. The number of carbonyl (C=O) groups excluding carboxylic acids is 2. The molecule has 0 unspecified atom stereocenters. The van der Waals surface area contributed by atoms with Crippen LogP contribution in [0.5, 0.6) is 0 Å². The number of aromatic nitrogens is 1. The van der Waals surface area contributed by atoms with Gasteiger partial charge in [0, 0.05) is 24.2 Å². The molecule has 0 atom stereocenters. The first-order valence-electron chi connectivity index (χ1n) is 7.91. The van der Waals surface area contributed by atoms with Crippen molar-refractivity contribution in [3.63, 3.8) is 0 Å². The molecule has 0 aliphatic heterocycles. The lowest BCUT2D eigenvalue weighted by atomic mass is 9.75. The number of aromatic amines is 1. The molecule has 2 N–H and O–H groups in total. The van der Waals surface area contributed by atoms with Crippen molar-refractivity contribution in [2.24, 2.45) is 5.41 Å². The summed E-state index contributed by atoms with van der Waals surface area (Å²) < 4.78 is 0. The molecule has 0 bridgehead atoms. The van der Waals surface area contributed by atoms with Gasteiger partial charge in [-0.15, -0.1) is 0 Å². The van der Waals surface area contributed by atoms with E-state index >= 15 is 0 Å². The summed E-state index contributed by atoms with van der Waals surface area (Å²) in [6, 6.07) is 2.07. The predicted molar refractivity (Wildman–Crippen MR) is 92.3 cm³/mol. The summed E-state index contributed by atoms with van der Waals surface area (Å²) in [4.78, 5) is 28.0. The average molecular weight is 330 g/mol. The number of nitrogens with one attached hydrogen (secondary N) is 2. The van der Waals surface area contributed by atoms with Crippen LogP contribution in [0.3, 0.4) is 0 Å². The number of thiophene rings is 1. The number of H-pyrrole nitrogens is 1. The molecule has 122 valence electrons. The van der Waals surface area contributed by atoms with Crippen LogP contribution in [0.1, 0.15) is 57.9 Å². The Bertz CT molecular complexity index is 741. The van der Waals surface area contributed by atoms with E-state index in [1.165, 1.54) is 5.56 Å². The third-order valence-corrected chi connectivity index (χ3v) is 5.14. The zero-order chi connectivity index (χ0) is 16.6. The molecule has 2 heterocycles. The van der Waals surface area contributed by atoms with Crippen molar-refractivity contribution in [2.75, 3.05) is 6.54 Å². The van der Waals surface area contributed by atoms with Gasteiger partial charge in [-0.25, -0.2) is 0 Å². The molecule has 0 saturated heterocycles. The van der Waals surface area contributed by atoms with Gasteiger partial charge in [0.25, 0.3) is 5.91 Å². The van der Waals surface area contributed by atoms with E-state index in [4.69, 9.17) is 0 Å². The zero-order valence-corrected chi connectivity index (χ0v) is 14.6. The topological polar surface area (TPSA) is 62.0 Å². The Hall–Kier alpha value is -1.88. The van der Waals surface area contributed by atoms with Crippen LogP contribution in [0.15, 0.2) is 16.8 Å². The van der Waals surface area contributed by atoms with E-state index in [0.29, 0.717) is 18.7 Å². The first-order chi connectivity index (χ1) is 10.9. The van der Waals surface area contributed by atoms with Crippen molar-refractivity contribution < 1.29 is 9.59 Å². The molecular weight excluding hydrogens is 308 g/mol. The van der Waals surface area contributed by atoms with Crippen molar-refractivity contribution in [3.8, 4) is 0 Å². The Kier molecular flexibility index (Phi) is 4.15. The quantitative estimate of drug-likeness (QED) is 0.901. The van der Waals surface area contributed by atoms with E-state index in [1.54, 1.807) is 11.3 Å². The van der Waals surface area contributed by atoms with Crippen molar-refractivity contribution in [1.82, 2.24) is 10.3 Å². The zero-order valence-electron chi connectivity index (χ0n) is 13.8. The number of amides is 1. The Morgan fingerprint density at radius 3 is 2.87 bits per heavy atom. The van der Waals surface area contributed by atoms with Crippen LogP contribution >= 0.6 is 11.3 Å². The second-order valence-corrected chi connectivity index (χ2v) is 7.84. The Morgan fingerprint density at radius 1 is 1.39 bits per heavy atom. The van der Waals surface area contributed by atoms with E-state index in [9.17, 15) is 9.59 Å². The minimum absolute atomic E-state index is 0.0475. The van der Waals surface area contributed by atoms with Crippen molar-refractivity contribution in [1.29, 1.82) is 0 Å². The summed E-state index contributed by atoms with van der Waals surface area (Å²) in [7, 11) is 0.